The number of amides is 1. The van der Waals surface area contributed by atoms with E-state index in [1.165, 1.54) is 15.8 Å². The van der Waals surface area contributed by atoms with Crippen molar-refractivity contribution < 1.29 is 13.2 Å². The normalized spacial score (nSPS) is 15.8. The number of piperazine rings is 1. The molecule has 3 aromatic rings. The molecule has 1 aromatic heterocycles. The first kappa shape index (κ1) is 21.0. The Balaban J connectivity index is 1.34. The van der Waals surface area contributed by atoms with Gasteiger partial charge in [0.15, 0.2) is 0 Å². The van der Waals surface area contributed by atoms with Crippen molar-refractivity contribution in [3.05, 3.63) is 89.5 Å². The molecular formula is C24H23N3O3S. The average Bonchev–Trinajstić information content (AvgIpc) is 2.82. The topological polar surface area (TPSA) is 70.6 Å². The Kier molecular flexibility index (Phi) is 6.25. The molecular weight excluding hydrogens is 410 g/mol. The SMILES string of the molecule is O=C(/C=C/c1ccc2ccccc2n1)N1CCN(S(=O)(=O)/C=C\c2ccccc2)CC1. The maximum Gasteiger partial charge on any atom is 0.246 e. The molecule has 1 amide bonds. The third-order valence-electron chi connectivity index (χ3n) is 5.16. The van der Waals surface area contributed by atoms with Crippen molar-refractivity contribution in [1.82, 2.24) is 14.2 Å². The standard InChI is InChI=1S/C24H23N3O3S/c28-24(13-12-22-11-10-21-8-4-5-9-23(21)25-22)26-15-17-27(18-16-26)31(29,30)19-14-20-6-2-1-3-7-20/h1-14,19H,15-18H2/b13-12+,19-14-. The van der Waals surface area contributed by atoms with Crippen LogP contribution >= 0.6 is 0 Å². The molecule has 1 aliphatic heterocycles. The lowest BCUT2D eigenvalue weighted by Crippen LogP contribution is -2.49. The monoisotopic (exact) mass is 433 g/mol. The molecule has 0 aliphatic carbocycles. The molecule has 0 unspecified atom stereocenters. The quantitative estimate of drug-likeness (QED) is 0.579. The van der Waals surface area contributed by atoms with Gasteiger partial charge in [0.05, 0.1) is 11.2 Å². The van der Waals surface area contributed by atoms with Crippen LogP contribution in [0.1, 0.15) is 11.3 Å². The molecule has 0 bridgehead atoms. The molecule has 1 saturated heterocycles. The van der Waals surface area contributed by atoms with Crippen molar-refractivity contribution in [3.63, 3.8) is 0 Å². The molecule has 31 heavy (non-hydrogen) atoms. The van der Waals surface area contributed by atoms with Crippen molar-refractivity contribution in [2.24, 2.45) is 0 Å². The van der Waals surface area contributed by atoms with Crippen molar-refractivity contribution in [1.29, 1.82) is 0 Å². The van der Waals surface area contributed by atoms with Crippen molar-refractivity contribution in [2.75, 3.05) is 26.2 Å². The summed E-state index contributed by atoms with van der Waals surface area (Å²) in [6, 6.07) is 20.9. The number of carbonyl (C=O) groups is 1. The summed E-state index contributed by atoms with van der Waals surface area (Å²) < 4.78 is 26.5. The van der Waals surface area contributed by atoms with Crippen LogP contribution in [0.2, 0.25) is 0 Å². The highest BCUT2D eigenvalue weighted by Gasteiger charge is 2.26. The van der Waals surface area contributed by atoms with Crippen LogP contribution in [0.4, 0.5) is 0 Å². The lowest BCUT2D eigenvalue weighted by Gasteiger charge is -2.32. The van der Waals surface area contributed by atoms with E-state index in [9.17, 15) is 13.2 Å². The molecule has 0 radical (unpaired) electrons. The highest BCUT2D eigenvalue weighted by molar-refractivity contribution is 7.92. The fourth-order valence-corrected chi connectivity index (χ4v) is 4.59. The second-order valence-corrected chi connectivity index (χ2v) is 9.06. The smallest absolute Gasteiger partial charge is 0.246 e. The van der Waals surface area contributed by atoms with E-state index in [0.717, 1.165) is 16.5 Å². The van der Waals surface area contributed by atoms with Gasteiger partial charge in [-0.1, -0.05) is 54.6 Å². The molecule has 2 heterocycles. The average molecular weight is 434 g/mol. The van der Waals surface area contributed by atoms with Gasteiger partial charge in [0, 0.05) is 43.0 Å². The fraction of sp³-hybridized carbons (Fsp3) is 0.167. The highest BCUT2D eigenvalue weighted by atomic mass is 32.2. The summed E-state index contributed by atoms with van der Waals surface area (Å²) in [6.45, 7) is 1.25. The second kappa shape index (κ2) is 9.24. The summed E-state index contributed by atoms with van der Waals surface area (Å²) in [5.41, 5.74) is 2.41. The number of sulfonamides is 1. The summed E-state index contributed by atoms with van der Waals surface area (Å²) in [5, 5.41) is 2.27. The van der Waals surface area contributed by atoms with Crippen LogP contribution in [0.5, 0.6) is 0 Å². The van der Waals surface area contributed by atoms with E-state index >= 15 is 0 Å². The van der Waals surface area contributed by atoms with Gasteiger partial charge in [-0.15, -0.1) is 0 Å². The molecule has 4 rings (SSSR count). The predicted molar refractivity (Wildman–Crippen MR) is 123 cm³/mol. The summed E-state index contributed by atoms with van der Waals surface area (Å²) in [6.07, 6.45) is 4.78. The van der Waals surface area contributed by atoms with Crippen molar-refractivity contribution >= 4 is 39.0 Å². The van der Waals surface area contributed by atoms with Gasteiger partial charge in [-0.3, -0.25) is 4.79 Å². The van der Waals surface area contributed by atoms with Gasteiger partial charge in [0.25, 0.3) is 0 Å². The number of para-hydroxylation sites is 1. The number of carbonyl (C=O) groups excluding carboxylic acids is 1. The van der Waals surface area contributed by atoms with Crippen LogP contribution in [-0.4, -0.2) is 54.7 Å². The zero-order chi connectivity index (χ0) is 21.7. The van der Waals surface area contributed by atoms with Gasteiger partial charge in [0.1, 0.15) is 0 Å². The zero-order valence-corrected chi connectivity index (χ0v) is 17.8. The van der Waals surface area contributed by atoms with E-state index in [-0.39, 0.29) is 19.0 Å². The lowest BCUT2D eigenvalue weighted by atomic mass is 10.2. The Bertz CT molecular complexity index is 1230. The van der Waals surface area contributed by atoms with Gasteiger partial charge < -0.3 is 4.90 Å². The Morgan fingerprint density at radius 3 is 2.32 bits per heavy atom. The number of aromatic nitrogens is 1. The molecule has 7 heteroatoms. The van der Waals surface area contributed by atoms with E-state index in [4.69, 9.17) is 0 Å². The molecule has 1 fully saturated rings. The Morgan fingerprint density at radius 1 is 0.839 bits per heavy atom. The Morgan fingerprint density at radius 2 is 1.55 bits per heavy atom. The Labute approximate surface area is 182 Å². The highest BCUT2D eigenvalue weighted by Crippen LogP contribution is 2.14. The minimum atomic E-state index is -3.52. The van der Waals surface area contributed by atoms with Crippen LogP contribution in [0.3, 0.4) is 0 Å². The number of hydrogen-bond donors (Lipinski definition) is 0. The summed E-state index contributed by atoms with van der Waals surface area (Å²) in [7, 11) is -3.52. The summed E-state index contributed by atoms with van der Waals surface area (Å²) in [5.74, 6) is -0.146. The maximum absolute atomic E-state index is 12.6. The zero-order valence-electron chi connectivity index (χ0n) is 17.0. The first-order valence-electron chi connectivity index (χ1n) is 10.1. The third kappa shape index (κ3) is 5.25. The molecule has 0 spiro atoms. The minimum absolute atomic E-state index is 0.146. The van der Waals surface area contributed by atoms with Crippen LogP contribution < -0.4 is 0 Å². The third-order valence-corrected chi connectivity index (χ3v) is 6.72. The second-order valence-electron chi connectivity index (χ2n) is 7.24. The molecule has 2 aromatic carbocycles. The van der Waals surface area contributed by atoms with Crippen molar-refractivity contribution in [3.8, 4) is 0 Å². The van der Waals surface area contributed by atoms with Gasteiger partial charge in [-0.2, -0.15) is 4.31 Å². The van der Waals surface area contributed by atoms with E-state index < -0.39 is 10.0 Å². The summed E-state index contributed by atoms with van der Waals surface area (Å²) in [4.78, 5) is 18.7. The van der Waals surface area contributed by atoms with Gasteiger partial charge in [-0.05, 0) is 29.8 Å². The molecule has 0 N–H and O–H groups in total. The number of nitrogens with zero attached hydrogens (tertiary/aromatic N) is 3. The Hall–Kier alpha value is -3.29. The van der Waals surface area contributed by atoms with Crippen molar-refractivity contribution in [2.45, 2.75) is 0 Å². The fourth-order valence-electron chi connectivity index (χ4n) is 3.41. The number of fused-ring (bicyclic) bond motifs is 1. The summed E-state index contributed by atoms with van der Waals surface area (Å²) >= 11 is 0. The van der Waals surface area contributed by atoms with Gasteiger partial charge in [-0.25, -0.2) is 13.4 Å². The molecule has 0 atom stereocenters. The van der Waals surface area contributed by atoms with Crippen LogP contribution in [0, 0.1) is 0 Å². The van der Waals surface area contributed by atoms with Crippen LogP contribution in [-0.2, 0) is 14.8 Å². The number of rotatable bonds is 5. The molecule has 0 saturated carbocycles. The number of benzene rings is 2. The van der Waals surface area contributed by atoms with E-state index in [1.807, 2.05) is 66.7 Å². The maximum atomic E-state index is 12.6. The molecule has 158 valence electrons. The van der Waals surface area contributed by atoms with Gasteiger partial charge >= 0.3 is 0 Å². The largest absolute Gasteiger partial charge is 0.337 e. The number of hydrogen-bond acceptors (Lipinski definition) is 4. The van der Waals surface area contributed by atoms with E-state index in [2.05, 4.69) is 4.98 Å². The first-order chi connectivity index (χ1) is 15.0. The lowest BCUT2D eigenvalue weighted by molar-refractivity contribution is -0.127. The number of pyridine rings is 1. The molecule has 6 nitrogen and oxygen atoms in total. The first-order valence-corrected chi connectivity index (χ1v) is 11.6. The van der Waals surface area contributed by atoms with E-state index in [0.29, 0.717) is 18.8 Å². The van der Waals surface area contributed by atoms with Crippen LogP contribution in [0.25, 0.3) is 23.1 Å². The van der Waals surface area contributed by atoms with Crippen LogP contribution in [0.15, 0.2) is 78.2 Å². The predicted octanol–water partition coefficient (Wildman–Crippen LogP) is 3.39. The minimum Gasteiger partial charge on any atom is -0.337 e. The molecule has 1 aliphatic rings. The van der Waals surface area contributed by atoms with Gasteiger partial charge in [0.2, 0.25) is 15.9 Å². The van der Waals surface area contributed by atoms with E-state index in [1.54, 1.807) is 17.1 Å².